The quantitative estimate of drug-likeness (QED) is 0.794. The van der Waals surface area contributed by atoms with Crippen LogP contribution in [0.2, 0.25) is 0 Å². The molecule has 16 heavy (non-hydrogen) atoms. The number of hydrogen-bond acceptors (Lipinski definition) is 3. The monoisotopic (exact) mass is 231 g/mol. The normalized spacial score (nSPS) is 20.1. The van der Waals surface area contributed by atoms with Crippen LogP contribution in [-0.4, -0.2) is 32.5 Å². The molecule has 0 spiro atoms. The van der Waals surface area contributed by atoms with Gasteiger partial charge in [0.2, 0.25) is 0 Å². The highest BCUT2D eigenvalue weighted by atomic mass is 16.5. The van der Waals surface area contributed by atoms with Gasteiger partial charge in [0.15, 0.2) is 0 Å². The van der Waals surface area contributed by atoms with Crippen LogP contribution in [0.5, 0.6) is 0 Å². The molecule has 1 amide bonds. The van der Waals surface area contributed by atoms with Crippen molar-refractivity contribution in [3.63, 3.8) is 0 Å². The summed E-state index contributed by atoms with van der Waals surface area (Å²) in [6, 6.07) is 0.124. The molecular formula is C12H25NO3. The SMILES string of the molecule is CC.COC(=O)NC(C)C1(C)CCOCC1. The van der Waals surface area contributed by atoms with Crippen molar-refractivity contribution < 1.29 is 14.3 Å². The zero-order valence-corrected chi connectivity index (χ0v) is 11.1. The molecule has 1 aliphatic heterocycles. The summed E-state index contributed by atoms with van der Waals surface area (Å²) in [6.45, 7) is 9.76. The van der Waals surface area contributed by atoms with Crippen molar-refractivity contribution in [2.45, 2.75) is 46.6 Å². The molecule has 4 heteroatoms. The molecule has 4 nitrogen and oxygen atoms in total. The van der Waals surface area contributed by atoms with Gasteiger partial charge in [-0.25, -0.2) is 4.79 Å². The van der Waals surface area contributed by atoms with E-state index < -0.39 is 0 Å². The van der Waals surface area contributed by atoms with E-state index in [9.17, 15) is 4.79 Å². The second-order valence-corrected chi connectivity index (χ2v) is 4.12. The maximum atomic E-state index is 11.0. The fraction of sp³-hybridized carbons (Fsp3) is 0.917. The topological polar surface area (TPSA) is 47.6 Å². The molecule has 1 atom stereocenters. The first kappa shape index (κ1) is 15.2. The number of methoxy groups -OCH3 is 1. The fourth-order valence-corrected chi connectivity index (χ4v) is 1.68. The van der Waals surface area contributed by atoms with Crippen LogP contribution in [0.4, 0.5) is 4.79 Å². The van der Waals surface area contributed by atoms with Gasteiger partial charge in [0.1, 0.15) is 0 Å². The Balaban J connectivity index is 0.00000106. The number of alkyl carbamates (subject to hydrolysis) is 1. The van der Waals surface area contributed by atoms with Crippen LogP contribution in [0.1, 0.15) is 40.5 Å². The Morgan fingerprint density at radius 2 is 1.88 bits per heavy atom. The minimum Gasteiger partial charge on any atom is -0.453 e. The van der Waals surface area contributed by atoms with Gasteiger partial charge in [-0.2, -0.15) is 0 Å². The van der Waals surface area contributed by atoms with Crippen molar-refractivity contribution in [3.05, 3.63) is 0 Å². The number of hydrogen-bond donors (Lipinski definition) is 1. The lowest BCUT2D eigenvalue weighted by molar-refractivity contribution is 0.00744. The highest BCUT2D eigenvalue weighted by molar-refractivity contribution is 5.67. The van der Waals surface area contributed by atoms with Gasteiger partial charge < -0.3 is 14.8 Å². The third-order valence-electron chi connectivity index (χ3n) is 3.20. The lowest BCUT2D eigenvalue weighted by atomic mass is 9.76. The van der Waals surface area contributed by atoms with E-state index in [0.29, 0.717) is 0 Å². The molecule has 0 aliphatic carbocycles. The van der Waals surface area contributed by atoms with Crippen molar-refractivity contribution in [2.75, 3.05) is 20.3 Å². The molecule has 1 fully saturated rings. The fourth-order valence-electron chi connectivity index (χ4n) is 1.68. The molecule has 1 heterocycles. The van der Waals surface area contributed by atoms with E-state index in [1.54, 1.807) is 0 Å². The van der Waals surface area contributed by atoms with Gasteiger partial charge in [0.25, 0.3) is 0 Å². The molecule has 0 saturated carbocycles. The lowest BCUT2D eigenvalue weighted by Crippen LogP contribution is -2.47. The number of rotatable bonds is 2. The summed E-state index contributed by atoms with van der Waals surface area (Å²) < 4.78 is 9.88. The molecule has 1 unspecified atom stereocenters. The van der Waals surface area contributed by atoms with Crippen molar-refractivity contribution in [2.24, 2.45) is 5.41 Å². The summed E-state index contributed by atoms with van der Waals surface area (Å²) in [7, 11) is 1.38. The number of ether oxygens (including phenoxy) is 2. The van der Waals surface area contributed by atoms with Crippen LogP contribution in [-0.2, 0) is 9.47 Å². The third-order valence-corrected chi connectivity index (χ3v) is 3.20. The standard InChI is InChI=1S/C10H19NO3.C2H6/c1-8(11-9(12)13-3)10(2)4-6-14-7-5-10;1-2/h8H,4-7H2,1-3H3,(H,11,12);1-2H3. The summed E-state index contributed by atoms with van der Waals surface area (Å²) in [6.07, 6.45) is 1.61. The van der Waals surface area contributed by atoms with E-state index in [0.717, 1.165) is 26.1 Å². The first-order valence-electron chi connectivity index (χ1n) is 6.01. The highest BCUT2D eigenvalue weighted by Gasteiger charge is 2.34. The van der Waals surface area contributed by atoms with Crippen molar-refractivity contribution in [3.8, 4) is 0 Å². The molecule has 1 N–H and O–H groups in total. The summed E-state index contributed by atoms with van der Waals surface area (Å²) in [5.41, 5.74) is 0.131. The number of carbonyl (C=O) groups is 1. The van der Waals surface area contributed by atoms with Crippen molar-refractivity contribution in [1.82, 2.24) is 5.32 Å². The third kappa shape index (κ3) is 4.39. The van der Waals surface area contributed by atoms with Crippen LogP contribution < -0.4 is 5.32 Å². The Morgan fingerprint density at radius 1 is 1.38 bits per heavy atom. The smallest absolute Gasteiger partial charge is 0.407 e. The molecule has 96 valence electrons. The van der Waals surface area contributed by atoms with Gasteiger partial charge >= 0.3 is 6.09 Å². The Morgan fingerprint density at radius 3 is 2.31 bits per heavy atom. The second-order valence-electron chi connectivity index (χ2n) is 4.12. The maximum Gasteiger partial charge on any atom is 0.407 e. The second kappa shape index (κ2) is 7.49. The molecule has 1 rings (SSSR count). The minimum absolute atomic E-state index is 0.124. The van der Waals surface area contributed by atoms with Crippen LogP contribution in [0.15, 0.2) is 0 Å². The summed E-state index contributed by atoms with van der Waals surface area (Å²) in [4.78, 5) is 11.0. The Hall–Kier alpha value is -0.770. The molecule has 1 aliphatic rings. The molecule has 1 saturated heterocycles. The van der Waals surface area contributed by atoms with Gasteiger partial charge in [0.05, 0.1) is 7.11 Å². The van der Waals surface area contributed by atoms with Crippen LogP contribution >= 0.6 is 0 Å². The molecule has 0 aromatic carbocycles. The largest absolute Gasteiger partial charge is 0.453 e. The molecule has 0 aromatic rings. The average molecular weight is 231 g/mol. The molecule has 0 aromatic heterocycles. The number of amides is 1. The first-order chi connectivity index (χ1) is 7.58. The predicted molar refractivity (Wildman–Crippen MR) is 64.5 cm³/mol. The van der Waals surface area contributed by atoms with Gasteiger partial charge in [-0.05, 0) is 25.2 Å². The van der Waals surface area contributed by atoms with Gasteiger partial charge in [0, 0.05) is 19.3 Å². The predicted octanol–water partition coefficient (Wildman–Crippen LogP) is 2.57. The zero-order chi connectivity index (χ0) is 12.6. The molecule has 0 bridgehead atoms. The lowest BCUT2D eigenvalue weighted by Gasteiger charge is -2.38. The Labute approximate surface area is 98.7 Å². The van der Waals surface area contributed by atoms with E-state index >= 15 is 0 Å². The van der Waals surface area contributed by atoms with Gasteiger partial charge in [-0.1, -0.05) is 20.8 Å². The highest BCUT2D eigenvalue weighted by Crippen LogP contribution is 2.33. The zero-order valence-electron chi connectivity index (χ0n) is 11.1. The summed E-state index contributed by atoms with van der Waals surface area (Å²) in [5.74, 6) is 0. The van der Waals surface area contributed by atoms with Gasteiger partial charge in [-0.3, -0.25) is 0 Å². The number of carbonyl (C=O) groups excluding carboxylic acids is 1. The van der Waals surface area contributed by atoms with Gasteiger partial charge in [-0.15, -0.1) is 0 Å². The van der Waals surface area contributed by atoms with Crippen molar-refractivity contribution >= 4 is 6.09 Å². The number of nitrogens with one attached hydrogen (secondary N) is 1. The van der Waals surface area contributed by atoms with E-state index in [1.807, 2.05) is 20.8 Å². The van der Waals surface area contributed by atoms with Crippen LogP contribution in [0, 0.1) is 5.41 Å². The minimum atomic E-state index is -0.356. The summed E-state index contributed by atoms with van der Waals surface area (Å²) >= 11 is 0. The summed E-state index contributed by atoms with van der Waals surface area (Å²) in [5, 5.41) is 2.82. The van der Waals surface area contributed by atoms with Crippen LogP contribution in [0.25, 0.3) is 0 Å². The Kier molecular flexibility index (Phi) is 7.13. The first-order valence-corrected chi connectivity index (χ1v) is 6.01. The van der Waals surface area contributed by atoms with Crippen molar-refractivity contribution in [1.29, 1.82) is 0 Å². The molecule has 0 radical (unpaired) electrons. The molecular weight excluding hydrogens is 206 g/mol. The Bertz CT molecular complexity index is 200. The van der Waals surface area contributed by atoms with E-state index in [-0.39, 0.29) is 17.6 Å². The van der Waals surface area contributed by atoms with E-state index in [1.165, 1.54) is 7.11 Å². The van der Waals surface area contributed by atoms with Crippen LogP contribution in [0.3, 0.4) is 0 Å². The average Bonchev–Trinajstić information content (AvgIpc) is 2.32. The maximum absolute atomic E-state index is 11.0. The van der Waals surface area contributed by atoms with E-state index in [4.69, 9.17) is 4.74 Å². The van der Waals surface area contributed by atoms with E-state index in [2.05, 4.69) is 17.0 Å².